The Labute approximate surface area is 177 Å². The van der Waals surface area contributed by atoms with Gasteiger partial charge in [0, 0.05) is 31.4 Å². The first kappa shape index (κ1) is 25.9. The fraction of sp³-hybridized carbons (Fsp3) is 0.944. The molecule has 0 amide bonds. The number of guanidine groups is 1. The van der Waals surface area contributed by atoms with Crippen molar-refractivity contribution in [2.45, 2.75) is 70.9 Å². The maximum Gasteiger partial charge on any atom is 0.191 e. The molecule has 1 aliphatic carbocycles. The van der Waals surface area contributed by atoms with Gasteiger partial charge in [0.15, 0.2) is 5.96 Å². The summed E-state index contributed by atoms with van der Waals surface area (Å²) in [6.07, 6.45) is 9.71. The highest BCUT2D eigenvalue weighted by Crippen LogP contribution is 2.21. The Hall–Kier alpha value is -0.0900. The van der Waals surface area contributed by atoms with Gasteiger partial charge in [0.25, 0.3) is 0 Å². The molecule has 2 N–H and O–H groups in total. The van der Waals surface area contributed by atoms with Crippen LogP contribution in [0, 0.1) is 0 Å². The molecule has 0 radical (unpaired) electrons. The predicted molar refractivity (Wildman–Crippen MR) is 122 cm³/mol. The van der Waals surface area contributed by atoms with Gasteiger partial charge >= 0.3 is 0 Å². The largest absolute Gasteiger partial charge is 0.357 e. The SMILES string of the molecule is CCNC(=NCCCN(C)C1CCCCC1)NC(C)CCS(C)(=O)=O.I. The number of sulfone groups is 1. The molecular weight excluding hydrogens is 463 g/mol. The maximum atomic E-state index is 11.3. The van der Waals surface area contributed by atoms with Gasteiger partial charge in [-0.05, 0) is 53.1 Å². The van der Waals surface area contributed by atoms with Gasteiger partial charge in [-0.3, -0.25) is 4.99 Å². The molecule has 1 saturated carbocycles. The van der Waals surface area contributed by atoms with Crippen molar-refractivity contribution in [3.63, 3.8) is 0 Å². The molecule has 1 fully saturated rings. The molecule has 26 heavy (non-hydrogen) atoms. The molecule has 0 bridgehead atoms. The van der Waals surface area contributed by atoms with Crippen molar-refractivity contribution in [3.8, 4) is 0 Å². The van der Waals surface area contributed by atoms with Crippen LogP contribution in [0.5, 0.6) is 0 Å². The van der Waals surface area contributed by atoms with Crippen LogP contribution < -0.4 is 10.6 Å². The van der Waals surface area contributed by atoms with Gasteiger partial charge in [0.1, 0.15) is 9.84 Å². The maximum absolute atomic E-state index is 11.3. The zero-order chi connectivity index (χ0) is 18.7. The third kappa shape index (κ3) is 12.3. The number of hydrogen-bond donors (Lipinski definition) is 2. The highest BCUT2D eigenvalue weighted by molar-refractivity contribution is 14.0. The topological polar surface area (TPSA) is 73.8 Å². The van der Waals surface area contributed by atoms with Crippen LogP contribution in [0.3, 0.4) is 0 Å². The van der Waals surface area contributed by atoms with E-state index < -0.39 is 9.84 Å². The third-order valence-electron chi connectivity index (χ3n) is 4.79. The molecule has 1 unspecified atom stereocenters. The number of rotatable bonds is 10. The second kappa shape index (κ2) is 14.0. The fourth-order valence-electron chi connectivity index (χ4n) is 3.23. The van der Waals surface area contributed by atoms with Crippen LogP contribution in [0.2, 0.25) is 0 Å². The van der Waals surface area contributed by atoms with Crippen molar-refractivity contribution in [2.24, 2.45) is 4.99 Å². The van der Waals surface area contributed by atoms with Crippen molar-refractivity contribution in [2.75, 3.05) is 38.7 Å². The molecule has 0 saturated heterocycles. The molecular formula is C18H39IN4O2S. The molecule has 1 rings (SSSR count). The van der Waals surface area contributed by atoms with E-state index in [-0.39, 0.29) is 35.8 Å². The predicted octanol–water partition coefficient (Wildman–Crippen LogP) is 2.64. The van der Waals surface area contributed by atoms with Crippen molar-refractivity contribution in [1.82, 2.24) is 15.5 Å². The summed E-state index contributed by atoms with van der Waals surface area (Å²) >= 11 is 0. The van der Waals surface area contributed by atoms with E-state index in [2.05, 4.69) is 27.6 Å². The van der Waals surface area contributed by atoms with Crippen LogP contribution in [0.15, 0.2) is 4.99 Å². The van der Waals surface area contributed by atoms with Crippen molar-refractivity contribution < 1.29 is 8.42 Å². The van der Waals surface area contributed by atoms with E-state index >= 15 is 0 Å². The van der Waals surface area contributed by atoms with Crippen LogP contribution in [0.1, 0.15) is 58.8 Å². The Bertz CT molecular complexity index is 493. The standard InChI is InChI=1S/C18H38N4O2S.HI/c1-5-19-18(21-16(2)12-15-25(4,23)24)20-13-9-14-22(3)17-10-7-6-8-11-17;/h16-17H,5-15H2,1-4H3,(H2,19,20,21);1H. The number of nitrogens with one attached hydrogen (secondary N) is 2. The van der Waals surface area contributed by atoms with E-state index in [0.29, 0.717) is 6.42 Å². The lowest BCUT2D eigenvalue weighted by molar-refractivity contribution is 0.191. The summed E-state index contributed by atoms with van der Waals surface area (Å²) in [4.78, 5) is 7.12. The molecule has 0 aromatic carbocycles. The molecule has 0 spiro atoms. The van der Waals surface area contributed by atoms with Crippen molar-refractivity contribution in [1.29, 1.82) is 0 Å². The number of aliphatic imine (C=N–C) groups is 1. The summed E-state index contributed by atoms with van der Waals surface area (Å²) < 4.78 is 22.5. The summed E-state index contributed by atoms with van der Waals surface area (Å²) in [5.41, 5.74) is 0. The number of nitrogens with zero attached hydrogens (tertiary/aromatic N) is 2. The lowest BCUT2D eigenvalue weighted by Gasteiger charge is -2.31. The fourth-order valence-corrected chi connectivity index (χ4v) is 4.01. The molecule has 0 aromatic heterocycles. The van der Waals surface area contributed by atoms with Gasteiger partial charge < -0.3 is 15.5 Å². The Balaban J connectivity index is 0.00000625. The molecule has 8 heteroatoms. The average Bonchev–Trinajstić information content (AvgIpc) is 2.57. The van der Waals surface area contributed by atoms with Gasteiger partial charge in [0.05, 0.1) is 5.75 Å². The first-order chi connectivity index (χ1) is 11.8. The molecule has 0 aromatic rings. The molecule has 0 heterocycles. The summed E-state index contributed by atoms with van der Waals surface area (Å²) in [7, 11) is -0.682. The zero-order valence-corrected chi connectivity index (χ0v) is 20.1. The Morgan fingerprint density at radius 3 is 2.50 bits per heavy atom. The summed E-state index contributed by atoms with van der Waals surface area (Å²) in [5, 5.41) is 6.54. The second-order valence-electron chi connectivity index (χ2n) is 7.35. The lowest BCUT2D eigenvalue weighted by atomic mass is 9.94. The van der Waals surface area contributed by atoms with E-state index in [9.17, 15) is 8.42 Å². The van der Waals surface area contributed by atoms with Gasteiger partial charge in [-0.15, -0.1) is 24.0 Å². The third-order valence-corrected chi connectivity index (χ3v) is 5.76. The summed E-state index contributed by atoms with van der Waals surface area (Å²) in [6.45, 7) is 6.69. The monoisotopic (exact) mass is 502 g/mol. The van der Waals surface area contributed by atoms with E-state index in [1.807, 2.05) is 13.8 Å². The smallest absolute Gasteiger partial charge is 0.191 e. The molecule has 0 aliphatic heterocycles. The Kier molecular flexibility index (Phi) is 13.9. The number of halogens is 1. The van der Waals surface area contributed by atoms with Crippen LogP contribution in [0.25, 0.3) is 0 Å². The molecule has 156 valence electrons. The minimum Gasteiger partial charge on any atom is -0.357 e. The van der Waals surface area contributed by atoms with E-state index in [1.54, 1.807) is 0 Å². The van der Waals surface area contributed by atoms with E-state index in [4.69, 9.17) is 0 Å². The van der Waals surface area contributed by atoms with Crippen LogP contribution >= 0.6 is 24.0 Å². The van der Waals surface area contributed by atoms with E-state index in [0.717, 1.165) is 38.1 Å². The van der Waals surface area contributed by atoms with Crippen LogP contribution in [-0.4, -0.2) is 70.1 Å². The second-order valence-corrected chi connectivity index (χ2v) is 9.61. The first-order valence-electron chi connectivity index (χ1n) is 9.74. The van der Waals surface area contributed by atoms with Gasteiger partial charge in [0.2, 0.25) is 0 Å². The van der Waals surface area contributed by atoms with Crippen molar-refractivity contribution >= 4 is 39.8 Å². The quantitative estimate of drug-likeness (QED) is 0.208. The van der Waals surface area contributed by atoms with Crippen LogP contribution in [0.4, 0.5) is 0 Å². The highest BCUT2D eigenvalue weighted by Gasteiger charge is 2.17. The Morgan fingerprint density at radius 1 is 1.27 bits per heavy atom. The van der Waals surface area contributed by atoms with Gasteiger partial charge in [-0.1, -0.05) is 19.3 Å². The van der Waals surface area contributed by atoms with Crippen molar-refractivity contribution in [3.05, 3.63) is 0 Å². The van der Waals surface area contributed by atoms with Crippen LogP contribution in [-0.2, 0) is 9.84 Å². The minimum absolute atomic E-state index is 0. The van der Waals surface area contributed by atoms with E-state index in [1.165, 1.54) is 38.4 Å². The lowest BCUT2D eigenvalue weighted by Crippen LogP contribution is -2.43. The normalized spacial score (nSPS) is 17.7. The molecule has 1 aliphatic rings. The Morgan fingerprint density at radius 2 is 1.92 bits per heavy atom. The average molecular weight is 503 g/mol. The molecule has 1 atom stereocenters. The first-order valence-corrected chi connectivity index (χ1v) is 11.8. The summed E-state index contributed by atoms with van der Waals surface area (Å²) in [6, 6.07) is 0.831. The molecule has 6 nitrogen and oxygen atoms in total. The van der Waals surface area contributed by atoms with Gasteiger partial charge in [-0.25, -0.2) is 8.42 Å². The minimum atomic E-state index is -2.91. The number of hydrogen-bond acceptors (Lipinski definition) is 4. The van der Waals surface area contributed by atoms with Gasteiger partial charge in [-0.2, -0.15) is 0 Å². The highest BCUT2D eigenvalue weighted by atomic mass is 127. The summed E-state index contributed by atoms with van der Waals surface area (Å²) in [5.74, 6) is 0.982. The zero-order valence-electron chi connectivity index (χ0n) is 17.0.